The van der Waals surface area contributed by atoms with Gasteiger partial charge in [-0.3, -0.25) is 9.59 Å². The summed E-state index contributed by atoms with van der Waals surface area (Å²) < 4.78 is 0. The average molecular weight is 400 g/mol. The van der Waals surface area contributed by atoms with Crippen LogP contribution in [0.4, 0.5) is 0 Å². The normalized spacial score (nSPS) is 41.0. The molecule has 0 unspecified atom stereocenters. The van der Waals surface area contributed by atoms with Gasteiger partial charge in [0.15, 0.2) is 0 Å². The first-order valence-electron chi connectivity index (χ1n) is 11.5. The first-order chi connectivity index (χ1) is 13.6. The number of carbonyl (C=O) groups excluding carboxylic acids is 1. The lowest BCUT2D eigenvalue weighted by Gasteiger charge is -2.57. The summed E-state index contributed by atoms with van der Waals surface area (Å²) in [6, 6.07) is 0. The summed E-state index contributed by atoms with van der Waals surface area (Å²) in [7, 11) is 0. The van der Waals surface area contributed by atoms with E-state index in [1.807, 2.05) is 20.8 Å². The van der Waals surface area contributed by atoms with Gasteiger partial charge in [-0.25, -0.2) is 0 Å². The van der Waals surface area contributed by atoms with Crippen molar-refractivity contribution >= 4 is 11.9 Å². The fourth-order valence-corrected chi connectivity index (χ4v) is 7.58. The van der Waals surface area contributed by atoms with E-state index < -0.39 is 5.97 Å². The van der Waals surface area contributed by atoms with E-state index in [0.29, 0.717) is 17.8 Å². The molecule has 4 heteroatoms. The molecule has 0 aromatic carbocycles. The SMILES string of the molecule is CC(C)(C)NC(=O)[C@H]1CC[C@H]2[C@@H]3CC=C4C=CCC[C@]4(C)[C@H]3CC[C@]12CC(=O)O. The van der Waals surface area contributed by atoms with Crippen LogP contribution in [-0.2, 0) is 9.59 Å². The third-order valence-corrected chi connectivity index (χ3v) is 8.66. The summed E-state index contributed by atoms with van der Waals surface area (Å²) in [5.41, 5.74) is 1.05. The van der Waals surface area contributed by atoms with Gasteiger partial charge in [-0.15, -0.1) is 0 Å². The average Bonchev–Trinajstić information content (AvgIpc) is 2.98. The molecule has 4 rings (SSSR count). The van der Waals surface area contributed by atoms with Gasteiger partial charge in [0.25, 0.3) is 0 Å². The summed E-state index contributed by atoms with van der Waals surface area (Å²) in [5, 5.41) is 13.0. The maximum absolute atomic E-state index is 13.2. The van der Waals surface area contributed by atoms with Gasteiger partial charge in [-0.2, -0.15) is 0 Å². The maximum atomic E-state index is 13.2. The van der Waals surface area contributed by atoms with Gasteiger partial charge in [0.2, 0.25) is 5.91 Å². The van der Waals surface area contributed by atoms with Crippen molar-refractivity contribution in [2.45, 2.75) is 84.6 Å². The molecule has 0 saturated heterocycles. The van der Waals surface area contributed by atoms with Gasteiger partial charge in [0.1, 0.15) is 0 Å². The zero-order valence-electron chi connectivity index (χ0n) is 18.5. The topological polar surface area (TPSA) is 66.4 Å². The molecule has 160 valence electrons. The molecule has 4 nitrogen and oxygen atoms in total. The van der Waals surface area contributed by atoms with E-state index in [1.165, 1.54) is 12.0 Å². The number of carboxylic acids is 1. The molecule has 0 spiro atoms. The molecule has 4 aliphatic carbocycles. The molecule has 2 fully saturated rings. The summed E-state index contributed by atoms with van der Waals surface area (Å²) >= 11 is 0. The van der Waals surface area contributed by atoms with Crippen molar-refractivity contribution in [3.05, 3.63) is 23.8 Å². The van der Waals surface area contributed by atoms with E-state index in [-0.39, 0.29) is 34.6 Å². The van der Waals surface area contributed by atoms with Gasteiger partial charge in [0.05, 0.1) is 6.42 Å². The number of nitrogens with one attached hydrogen (secondary N) is 1. The Labute approximate surface area is 175 Å². The van der Waals surface area contributed by atoms with Gasteiger partial charge in [0, 0.05) is 11.5 Å². The van der Waals surface area contributed by atoms with Crippen LogP contribution in [0.3, 0.4) is 0 Å². The van der Waals surface area contributed by atoms with Crippen molar-refractivity contribution in [3.63, 3.8) is 0 Å². The number of hydrogen-bond donors (Lipinski definition) is 2. The highest BCUT2D eigenvalue weighted by Crippen LogP contribution is 2.67. The number of amides is 1. The van der Waals surface area contributed by atoms with Crippen molar-refractivity contribution in [3.8, 4) is 0 Å². The zero-order valence-corrected chi connectivity index (χ0v) is 18.5. The van der Waals surface area contributed by atoms with E-state index in [4.69, 9.17) is 0 Å². The van der Waals surface area contributed by atoms with Crippen molar-refractivity contribution in [1.29, 1.82) is 0 Å². The lowest BCUT2D eigenvalue weighted by atomic mass is 9.47. The fourth-order valence-electron chi connectivity index (χ4n) is 7.58. The highest BCUT2D eigenvalue weighted by molar-refractivity contribution is 5.82. The van der Waals surface area contributed by atoms with Crippen LogP contribution >= 0.6 is 0 Å². The molecule has 1 amide bonds. The maximum Gasteiger partial charge on any atom is 0.303 e. The highest BCUT2D eigenvalue weighted by Gasteiger charge is 2.62. The van der Waals surface area contributed by atoms with Crippen LogP contribution < -0.4 is 5.32 Å². The highest BCUT2D eigenvalue weighted by atomic mass is 16.4. The number of aliphatic carboxylic acids is 1. The van der Waals surface area contributed by atoms with Crippen LogP contribution in [-0.4, -0.2) is 22.5 Å². The second-order valence-electron chi connectivity index (χ2n) is 11.3. The molecule has 2 saturated carbocycles. The lowest BCUT2D eigenvalue weighted by Crippen LogP contribution is -2.54. The zero-order chi connectivity index (χ0) is 21.0. The molecule has 0 bridgehead atoms. The Morgan fingerprint density at radius 3 is 2.62 bits per heavy atom. The Hall–Kier alpha value is -1.58. The minimum Gasteiger partial charge on any atom is -0.481 e. The number of allylic oxidation sites excluding steroid dienone is 4. The van der Waals surface area contributed by atoms with Crippen LogP contribution in [0.2, 0.25) is 0 Å². The second kappa shape index (κ2) is 6.99. The van der Waals surface area contributed by atoms with E-state index in [0.717, 1.165) is 38.5 Å². The lowest BCUT2D eigenvalue weighted by molar-refractivity contribution is -0.148. The Morgan fingerprint density at radius 2 is 1.93 bits per heavy atom. The van der Waals surface area contributed by atoms with Gasteiger partial charge in [-0.1, -0.05) is 25.2 Å². The van der Waals surface area contributed by atoms with Gasteiger partial charge < -0.3 is 10.4 Å². The largest absolute Gasteiger partial charge is 0.481 e. The number of hydrogen-bond acceptors (Lipinski definition) is 2. The second-order valence-corrected chi connectivity index (χ2v) is 11.3. The van der Waals surface area contributed by atoms with Crippen LogP contribution in [0.15, 0.2) is 23.8 Å². The Kier molecular flexibility index (Phi) is 4.99. The Morgan fingerprint density at radius 1 is 1.17 bits per heavy atom. The Balaban J connectivity index is 1.68. The third kappa shape index (κ3) is 3.37. The van der Waals surface area contributed by atoms with Gasteiger partial charge in [-0.05, 0) is 99.9 Å². The number of carboxylic acid groups (broad SMARTS) is 1. The Bertz CT molecular complexity index is 761. The van der Waals surface area contributed by atoms with Gasteiger partial charge >= 0.3 is 5.97 Å². The monoisotopic (exact) mass is 399 g/mol. The van der Waals surface area contributed by atoms with Crippen molar-refractivity contribution in [1.82, 2.24) is 5.32 Å². The number of rotatable bonds is 3. The smallest absolute Gasteiger partial charge is 0.303 e. The standard InChI is InChI=1S/C25H37NO3/c1-23(2,3)26-22(29)20-11-10-19-17-9-8-16-7-5-6-13-24(16,4)18(17)12-14-25(19,20)15-21(27)28/h5,7-8,17-20H,6,9-15H2,1-4H3,(H,26,29)(H,27,28)/t17-,18+,19+,20-,24+,25-/m1/s1. The van der Waals surface area contributed by atoms with Crippen LogP contribution in [0, 0.1) is 34.5 Å². The molecular formula is C25H37NO3. The van der Waals surface area contributed by atoms with Crippen LogP contribution in [0.25, 0.3) is 0 Å². The number of fused-ring (bicyclic) bond motifs is 5. The predicted molar refractivity (Wildman–Crippen MR) is 114 cm³/mol. The summed E-state index contributed by atoms with van der Waals surface area (Å²) in [5.74, 6) is 0.614. The fraction of sp³-hybridized carbons (Fsp3) is 0.760. The molecule has 0 aliphatic heterocycles. The molecule has 0 aromatic rings. The van der Waals surface area contributed by atoms with E-state index in [9.17, 15) is 14.7 Å². The predicted octanol–water partition coefficient (Wildman–Crippen LogP) is 5.10. The summed E-state index contributed by atoms with van der Waals surface area (Å²) in [6.45, 7) is 8.44. The van der Waals surface area contributed by atoms with Crippen molar-refractivity contribution < 1.29 is 14.7 Å². The molecule has 0 heterocycles. The van der Waals surface area contributed by atoms with E-state index in [1.54, 1.807) is 0 Å². The van der Waals surface area contributed by atoms with E-state index in [2.05, 4.69) is 30.5 Å². The molecule has 2 N–H and O–H groups in total. The first-order valence-corrected chi connectivity index (χ1v) is 11.5. The minimum absolute atomic E-state index is 0.0681. The summed E-state index contributed by atoms with van der Waals surface area (Å²) in [6.07, 6.45) is 14.3. The minimum atomic E-state index is -0.747. The number of carbonyl (C=O) groups is 2. The molecule has 29 heavy (non-hydrogen) atoms. The molecule has 6 atom stereocenters. The first kappa shape index (κ1) is 20.7. The molecule has 4 aliphatic rings. The van der Waals surface area contributed by atoms with Crippen LogP contribution in [0.5, 0.6) is 0 Å². The summed E-state index contributed by atoms with van der Waals surface area (Å²) in [4.78, 5) is 25.2. The molecule has 0 aromatic heterocycles. The quantitative estimate of drug-likeness (QED) is 0.694. The molecular weight excluding hydrogens is 362 g/mol. The van der Waals surface area contributed by atoms with Crippen molar-refractivity contribution in [2.75, 3.05) is 0 Å². The van der Waals surface area contributed by atoms with Crippen molar-refractivity contribution in [2.24, 2.45) is 34.5 Å². The third-order valence-electron chi connectivity index (χ3n) is 8.66. The van der Waals surface area contributed by atoms with E-state index >= 15 is 0 Å². The van der Waals surface area contributed by atoms with Crippen LogP contribution in [0.1, 0.15) is 79.1 Å². The molecule has 0 radical (unpaired) electrons.